The molecule has 0 spiro atoms. The van der Waals surface area contributed by atoms with Crippen molar-refractivity contribution in [3.05, 3.63) is 69.8 Å². The Labute approximate surface area is 249 Å². The van der Waals surface area contributed by atoms with E-state index in [1.54, 1.807) is 24.3 Å². The van der Waals surface area contributed by atoms with Gasteiger partial charge in [0.25, 0.3) is 0 Å². The molecule has 0 bridgehead atoms. The number of hydrogen-bond acceptors (Lipinski definition) is 6. The number of carboxylic acids is 2. The highest BCUT2D eigenvalue weighted by Crippen LogP contribution is 2.32. The number of carbonyl (C=O) groups excluding carboxylic acids is 2. The highest BCUT2D eigenvalue weighted by atomic mass is 16.6. The minimum Gasteiger partial charge on any atom is -0.478 e. The molecule has 0 fully saturated rings. The summed E-state index contributed by atoms with van der Waals surface area (Å²) in [4.78, 5) is 51.0. The van der Waals surface area contributed by atoms with Crippen molar-refractivity contribution >= 4 is 23.9 Å². The van der Waals surface area contributed by atoms with Crippen molar-refractivity contribution in [2.75, 3.05) is 0 Å². The maximum Gasteiger partial charge on any atom is 0.349 e. The van der Waals surface area contributed by atoms with Crippen LogP contribution in [0.25, 0.3) is 0 Å². The second-order valence-electron chi connectivity index (χ2n) is 14.9. The summed E-state index contributed by atoms with van der Waals surface area (Å²) in [5.74, 6) is -5.59. The van der Waals surface area contributed by atoms with Crippen LogP contribution in [0, 0.1) is 0 Å². The minimum absolute atomic E-state index is 0.0711. The second kappa shape index (κ2) is 11.9. The van der Waals surface area contributed by atoms with E-state index in [0.29, 0.717) is 0 Å². The van der Waals surface area contributed by atoms with Gasteiger partial charge in [-0.2, -0.15) is 0 Å². The van der Waals surface area contributed by atoms with E-state index >= 15 is 0 Å². The van der Waals surface area contributed by atoms with Gasteiger partial charge in [-0.25, -0.2) is 19.2 Å². The number of carbonyl (C=O) groups is 4. The lowest BCUT2D eigenvalue weighted by molar-refractivity contribution is -0.166. The molecule has 0 aliphatic rings. The van der Waals surface area contributed by atoms with Gasteiger partial charge < -0.3 is 19.7 Å². The fourth-order valence-electron chi connectivity index (χ4n) is 4.07. The molecule has 2 aromatic carbocycles. The number of benzene rings is 2. The molecular weight excluding hydrogens is 536 g/mol. The van der Waals surface area contributed by atoms with Gasteiger partial charge >= 0.3 is 23.9 Å². The van der Waals surface area contributed by atoms with Gasteiger partial charge in [-0.15, -0.1) is 0 Å². The molecule has 0 unspecified atom stereocenters. The molecule has 0 radical (unpaired) electrons. The number of esters is 2. The van der Waals surface area contributed by atoms with Crippen LogP contribution in [0.4, 0.5) is 0 Å². The van der Waals surface area contributed by atoms with Crippen LogP contribution in [-0.4, -0.2) is 46.3 Å². The zero-order valence-corrected chi connectivity index (χ0v) is 27.0. The highest BCUT2D eigenvalue weighted by molar-refractivity contribution is 5.95. The van der Waals surface area contributed by atoms with Crippen LogP contribution in [0.3, 0.4) is 0 Å². The number of rotatable bonds is 7. The van der Waals surface area contributed by atoms with E-state index in [1.807, 2.05) is 95.2 Å². The Kier molecular flexibility index (Phi) is 9.78. The highest BCUT2D eigenvalue weighted by Gasteiger charge is 2.41. The van der Waals surface area contributed by atoms with Crippen LogP contribution in [0.15, 0.2) is 36.4 Å². The van der Waals surface area contributed by atoms with E-state index in [-0.39, 0.29) is 32.8 Å². The molecule has 0 aromatic heterocycles. The third-order valence-electron chi connectivity index (χ3n) is 7.03. The fourth-order valence-corrected chi connectivity index (χ4v) is 4.07. The molecule has 2 aromatic rings. The van der Waals surface area contributed by atoms with Crippen molar-refractivity contribution in [1.82, 2.24) is 0 Å². The Hall–Kier alpha value is -3.68. The number of carboxylic acid groups (broad SMARTS) is 2. The minimum atomic E-state index is -2.29. The van der Waals surface area contributed by atoms with Crippen LogP contribution in [-0.2, 0) is 40.7 Å². The first-order chi connectivity index (χ1) is 18.8. The lowest BCUT2D eigenvalue weighted by atomic mass is 9.79. The van der Waals surface area contributed by atoms with Gasteiger partial charge in [0.15, 0.2) is 0 Å². The summed E-state index contributed by atoms with van der Waals surface area (Å²) in [6.07, 6.45) is -4.58. The van der Waals surface area contributed by atoms with E-state index < -0.39 is 36.1 Å². The molecule has 8 nitrogen and oxygen atoms in total. The van der Waals surface area contributed by atoms with E-state index in [1.165, 1.54) is 0 Å². The van der Waals surface area contributed by atoms with E-state index in [4.69, 9.17) is 9.47 Å². The summed E-state index contributed by atoms with van der Waals surface area (Å²) >= 11 is 0. The maximum atomic E-state index is 13.3. The van der Waals surface area contributed by atoms with Crippen LogP contribution in [0.5, 0.6) is 0 Å². The topological polar surface area (TPSA) is 127 Å². The van der Waals surface area contributed by atoms with Crippen molar-refractivity contribution < 1.29 is 38.9 Å². The molecule has 0 saturated carbocycles. The number of ether oxygens (including phenoxy) is 2. The average molecular weight is 583 g/mol. The third-order valence-corrected chi connectivity index (χ3v) is 7.03. The van der Waals surface area contributed by atoms with Crippen molar-refractivity contribution in [2.45, 2.75) is 117 Å². The van der Waals surface area contributed by atoms with Gasteiger partial charge in [0.1, 0.15) is 0 Å². The Morgan fingerprint density at radius 2 is 0.690 bits per heavy atom. The average Bonchev–Trinajstić information content (AvgIpc) is 2.82. The molecule has 230 valence electrons. The summed E-state index contributed by atoms with van der Waals surface area (Å²) in [7, 11) is 0. The van der Waals surface area contributed by atoms with Gasteiger partial charge in [0, 0.05) is 0 Å². The van der Waals surface area contributed by atoms with Crippen molar-refractivity contribution in [3.8, 4) is 0 Å². The zero-order chi connectivity index (χ0) is 32.6. The molecule has 0 aliphatic heterocycles. The number of aliphatic carboxylic acids is 2. The van der Waals surface area contributed by atoms with E-state index in [2.05, 4.69) is 0 Å². The molecule has 2 atom stereocenters. The first-order valence-electron chi connectivity index (χ1n) is 14.0. The summed E-state index contributed by atoms with van der Waals surface area (Å²) < 4.78 is 10.5. The Morgan fingerprint density at radius 1 is 0.476 bits per heavy atom. The molecule has 2 rings (SSSR count). The molecule has 0 amide bonds. The predicted octanol–water partition coefficient (Wildman–Crippen LogP) is 6.80. The first kappa shape index (κ1) is 34.5. The van der Waals surface area contributed by atoms with Crippen LogP contribution in [0.1, 0.15) is 126 Å². The molecule has 0 heterocycles. The van der Waals surface area contributed by atoms with Crippen LogP contribution in [0.2, 0.25) is 0 Å². The summed E-state index contributed by atoms with van der Waals surface area (Å²) in [6, 6.07) is 10.4. The molecule has 8 heteroatoms. The fraction of sp³-hybridized carbons (Fsp3) is 0.529. The summed E-state index contributed by atoms with van der Waals surface area (Å²) in [5, 5.41) is 19.8. The molecular formula is C34H46O8. The largest absolute Gasteiger partial charge is 0.478 e. The van der Waals surface area contributed by atoms with E-state index in [0.717, 1.165) is 22.3 Å². The quantitative estimate of drug-likeness (QED) is 0.341. The predicted molar refractivity (Wildman–Crippen MR) is 161 cm³/mol. The van der Waals surface area contributed by atoms with E-state index in [9.17, 15) is 29.4 Å². The zero-order valence-electron chi connectivity index (χ0n) is 27.0. The summed E-state index contributed by atoms with van der Waals surface area (Å²) in [6.45, 7) is 23.7. The number of hydrogen-bond donors (Lipinski definition) is 2. The SMILES string of the molecule is CC(C)(C)c1cc(C(=O)O[C@@H](C(=O)O)[C@@H](OC(=O)c2cc(C(C)(C)C)cc(C(C)(C)C)c2)C(=O)O)cc(C(C)(C)C)c1. The Morgan fingerprint density at radius 3 is 0.857 bits per heavy atom. The third kappa shape index (κ3) is 8.66. The van der Waals surface area contributed by atoms with Gasteiger partial charge in [-0.1, -0.05) is 95.2 Å². The Bertz CT molecular complexity index is 1190. The van der Waals surface area contributed by atoms with Gasteiger partial charge in [0.05, 0.1) is 11.1 Å². The molecule has 0 aliphatic carbocycles. The van der Waals surface area contributed by atoms with Crippen molar-refractivity contribution in [2.24, 2.45) is 0 Å². The smallest absolute Gasteiger partial charge is 0.349 e. The Balaban J connectivity index is 2.51. The van der Waals surface area contributed by atoms with Gasteiger partial charge in [-0.05, 0) is 68.2 Å². The van der Waals surface area contributed by atoms with Crippen molar-refractivity contribution in [3.63, 3.8) is 0 Å². The van der Waals surface area contributed by atoms with Crippen molar-refractivity contribution in [1.29, 1.82) is 0 Å². The monoisotopic (exact) mass is 582 g/mol. The van der Waals surface area contributed by atoms with Crippen LogP contribution < -0.4 is 0 Å². The first-order valence-corrected chi connectivity index (χ1v) is 14.0. The van der Waals surface area contributed by atoms with Crippen LogP contribution >= 0.6 is 0 Å². The maximum absolute atomic E-state index is 13.3. The second-order valence-corrected chi connectivity index (χ2v) is 14.9. The summed E-state index contributed by atoms with van der Waals surface area (Å²) in [5.41, 5.74) is 2.08. The van der Waals surface area contributed by atoms with Gasteiger partial charge in [0.2, 0.25) is 12.2 Å². The lowest BCUT2D eigenvalue weighted by Gasteiger charge is -2.27. The van der Waals surface area contributed by atoms with Gasteiger partial charge in [-0.3, -0.25) is 0 Å². The molecule has 0 saturated heterocycles. The molecule has 42 heavy (non-hydrogen) atoms. The lowest BCUT2D eigenvalue weighted by Crippen LogP contribution is -2.46. The standard InChI is InChI=1S/C34H46O8/c1-31(2,3)21-13-19(14-22(17-21)32(4,5)6)29(39)41-25(27(35)36)26(28(37)38)42-30(40)20-15-23(33(7,8)9)18-24(16-20)34(10,11)12/h13-18,25-26H,1-12H3,(H,35,36)(H,37,38)/t25-,26-/m1/s1. The normalized spacial score (nSPS) is 14.1. The molecule has 2 N–H and O–H groups in total.